The third-order valence-electron chi connectivity index (χ3n) is 3.04. The molecule has 0 aliphatic heterocycles. The van der Waals surface area contributed by atoms with E-state index in [-0.39, 0.29) is 12.0 Å². The minimum Gasteiger partial charge on any atom is -0.468 e. The van der Waals surface area contributed by atoms with Crippen molar-refractivity contribution in [1.82, 2.24) is 5.32 Å². The van der Waals surface area contributed by atoms with Crippen molar-refractivity contribution in [3.63, 3.8) is 0 Å². The summed E-state index contributed by atoms with van der Waals surface area (Å²) in [6, 6.07) is 7.87. The Morgan fingerprint density at radius 3 is 2.44 bits per heavy atom. The second kappa shape index (κ2) is 4.66. The molecule has 1 atom stereocenters. The third kappa shape index (κ3) is 2.25. The van der Waals surface area contributed by atoms with Crippen LogP contribution >= 0.6 is 0 Å². The Morgan fingerprint density at radius 2 is 2.00 bits per heavy atom. The Bertz CT molecular complexity index is 368. The standard InChI is InChI=1S/C13H17NO2/c1-14-12(13(15)16-2)11-7-5-10(6-8-11)9-3-4-9/h5-9,12,14H,3-4H2,1-2H3. The lowest BCUT2D eigenvalue weighted by molar-refractivity contribution is -0.143. The van der Waals surface area contributed by atoms with Crippen LogP contribution in [0.25, 0.3) is 0 Å². The molecule has 0 bridgehead atoms. The van der Waals surface area contributed by atoms with Gasteiger partial charge in [0.1, 0.15) is 6.04 Å². The third-order valence-corrected chi connectivity index (χ3v) is 3.04. The van der Waals surface area contributed by atoms with E-state index in [9.17, 15) is 4.79 Å². The molecule has 86 valence electrons. The molecule has 3 heteroatoms. The summed E-state index contributed by atoms with van der Waals surface area (Å²) in [6.07, 6.45) is 2.59. The number of carbonyl (C=O) groups is 1. The van der Waals surface area contributed by atoms with Crippen molar-refractivity contribution in [2.45, 2.75) is 24.8 Å². The number of hydrogen-bond donors (Lipinski definition) is 1. The molecule has 3 nitrogen and oxygen atoms in total. The number of benzene rings is 1. The summed E-state index contributed by atoms with van der Waals surface area (Å²) in [5, 5.41) is 2.96. The van der Waals surface area contributed by atoms with Gasteiger partial charge < -0.3 is 10.1 Å². The molecule has 1 aromatic rings. The summed E-state index contributed by atoms with van der Waals surface area (Å²) in [7, 11) is 3.17. The zero-order valence-electron chi connectivity index (χ0n) is 9.69. The Morgan fingerprint density at radius 1 is 1.38 bits per heavy atom. The van der Waals surface area contributed by atoms with Crippen LogP contribution in [0.4, 0.5) is 0 Å². The normalized spacial score (nSPS) is 16.9. The minimum atomic E-state index is -0.363. The van der Waals surface area contributed by atoms with Crippen molar-refractivity contribution in [2.75, 3.05) is 14.2 Å². The molecule has 0 heterocycles. The van der Waals surface area contributed by atoms with Gasteiger partial charge in [0.2, 0.25) is 0 Å². The molecular weight excluding hydrogens is 202 g/mol. The van der Waals surface area contributed by atoms with Crippen LogP contribution in [0, 0.1) is 0 Å². The van der Waals surface area contributed by atoms with Gasteiger partial charge >= 0.3 is 5.97 Å². The van der Waals surface area contributed by atoms with E-state index >= 15 is 0 Å². The molecule has 1 aliphatic carbocycles. The monoisotopic (exact) mass is 219 g/mol. The van der Waals surface area contributed by atoms with Gasteiger partial charge in [-0.15, -0.1) is 0 Å². The first-order chi connectivity index (χ1) is 7.76. The van der Waals surface area contributed by atoms with E-state index < -0.39 is 0 Å². The summed E-state index contributed by atoms with van der Waals surface area (Å²) in [6.45, 7) is 0. The molecule has 2 rings (SSSR count). The maximum Gasteiger partial charge on any atom is 0.327 e. The lowest BCUT2D eigenvalue weighted by atomic mass is 10.0. The van der Waals surface area contributed by atoms with Gasteiger partial charge in [-0.05, 0) is 36.9 Å². The topological polar surface area (TPSA) is 38.3 Å². The van der Waals surface area contributed by atoms with Crippen molar-refractivity contribution in [3.8, 4) is 0 Å². The van der Waals surface area contributed by atoms with Crippen molar-refractivity contribution in [3.05, 3.63) is 35.4 Å². The Balaban J connectivity index is 2.15. The summed E-state index contributed by atoms with van der Waals surface area (Å²) >= 11 is 0. The van der Waals surface area contributed by atoms with Crippen LogP contribution in [0.2, 0.25) is 0 Å². The summed E-state index contributed by atoms with van der Waals surface area (Å²) < 4.78 is 4.75. The number of rotatable bonds is 4. The molecule has 0 spiro atoms. The van der Waals surface area contributed by atoms with Gasteiger partial charge in [0, 0.05) is 0 Å². The quantitative estimate of drug-likeness (QED) is 0.787. The van der Waals surface area contributed by atoms with Gasteiger partial charge in [-0.2, -0.15) is 0 Å². The van der Waals surface area contributed by atoms with E-state index in [4.69, 9.17) is 4.74 Å². The number of methoxy groups -OCH3 is 1. The van der Waals surface area contributed by atoms with E-state index in [1.807, 2.05) is 12.1 Å². The predicted molar refractivity (Wildman–Crippen MR) is 62.2 cm³/mol. The molecule has 1 unspecified atom stereocenters. The highest BCUT2D eigenvalue weighted by atomic mass is 16.5. The van der Waals surface area contributed by atoms with Gasteiger partial charge in [0.15, 0.2) is 0 Å². The Kier molecular flexibility index (Phi) is 3.25. The smallest absolute Gasteiger partial charge is 0.327 e. The van der Waals surface area contributed by atoms with Gasteiger partial charge in [0.25, 0.3) is 0 Å². The molecule has 1 aliphatic rings. The van der Waals surface area contributed by atoms with Gasteiger partial charge in [0.05, 0.1) is 7.11 Å². The predicted octanol–water partition coefficient (Wildman–Crippen LogP) is 2.00. The van der Waals surface area contributed by atoms with Gasteiger partial charge in [-0.25, -0.2) is 4.79 Å². The van der Waals surface area contributed by atoms with Crippen molar-refractivity contribution >= 4 is 5.97 Å². The Labute approximate surface area is 95.8 Å². The summed E-state index contributed by atoms with van der Waals surface area (Å²) in [5.74, 6) is 0.502. The van der Waals surface area contributed by atoms with Crippen molar-refractivity contribution in [1.29, 1.82) is 0 Å². The van der Waals surface area contributed by atoms with Crippen LogP contribution in [-0.2, 0) is 9.53 Å². The van der Waals surface area contributed by atoms with Gasteiger partial charge in [-0.3, -0.25) is 0 Å². The molecule has 1 fully saturated rings. The zero-order chi connectivity index (χ0) is 11.5. The average molecular weight is 219 g/mol. The second-order valence-electron chi connectivity index (χ2n) is 4.19. The van der Waals surface area contributed by atoms with E-state index in [1.54, 1.807) is 7.05 Å². The number of likely N-dealkylation sites (N-methyl/N-ethyl adjacent to an activating group) is 1. The maximum atomic E-state index is 11.5. The molecule has 1 saturated carbocycles. The van der Waals surface area contributed by atoms with Crippen LogP contribution in [0.5, 0.6) is 0 Å². The molecule has 16 heavy (non-hydrogen) atoms. The number of nitrogens with one attached hydrogen (secondary N) is 1. The van der Waals surface area contributed by atoms with E-state index in [0.717, 1.165) is 11.5 Å². The number of carbonyl (C=O) groups excluding carboxylic acids is 1. The van der Waals surface area contributed by atoms with Crippen molar-refractivity contribution in [2.24, 2.45) is 0 Å². The Hall–Kier alpha value is -1.35. The summed E-state index contributed by atoms with van der Waals surface area (Å²) in [4.78, 5) is 11.5. The van der Waals surface area contributed by atoms with Crippen LogP contribution in [0.1, 0.15) is 35.9 Å². The first-order valence-corrected chi connectivity index (χ1v) is 5.61. The van der Waals surface area contributed by atoms with Crippen LogP contribution in [-0.4, -0.2) is 20.1 Å². The van der Waals surface area contributed by atoms with Crippen LogP contribution in [0.15, 0.2) is 24.3 Å². The fourth-order valence-electron chi connectivity index (χ4n) is 1.92. The number of ether oxygens (including phenoxy) is 1. The lowest BCUT2D eigenvalue weighted by Gasteiger charge is -2.14. The van der Waals surface area contributed by atoms with Gasteiger partial charge in [-0.1, -0.05) is 24.3 Å². The highest BCUT2D eigenvalue weighted by Gasteiger charge is 2.24. The number of hydrogen-bond acceptors (Lipinski definition) is 3. The van der Waals surface area contributed by atoms with E-state index in [2.05, 4.69) is 17.4 Å². The molecule has 1 N–H and O–H groups in total. The minimum absolute atomic E-state index is 0.248. The fraction of sp³-hybridized carbons (Fsp3) is 0.462. The molecule has 0 saturated heterocycles. The first-order valence-electron chi connectivity index (χ1n) is 5.61. The largest absolute Gasteiger partial charge is 0.468 e. The fourth-order valence-corrected chi connectivity index (χ4v) is 1.92. The van der Waals surface area contributed by atoms with Crippen LogP contribution < -0.4 is 5.32 Å². The zero-order valence-corrected chi connectivity index (χ0v) is 9.69. The highest BCUT2D eigenvalue weighted by Crippen LogP contribution is 2.40. The van der Waals surface area contributed by atoms with Crippen molar-refractivity contribution < 1.29 is 9.53 Å². The molecule has 0 radical (unpaired) electrons. The summed E-state index contributed by atoms with van der Waals surface area (Å²) in [5.41, 5.74) is 2.34. The maximum absolute atomic E-state index is 11.5. The van der Waals surface area contributed by atoms with Crippen LogP contribution in [0.3, 0.4) is 0 Å². The highest BCUT2D eigenvalue weighted by molar-refractivity contribution is 5.77. The molecule has 0 amide bonds. The average Bonchev–Trinajstić information content (AvgIpc) is 3.14. The van der Waals surface area contributed by atoms with E-state index in [1.165, 1.54) is 25.5 Å². The first kappa shape index (κ1) is 11.1. The second-order valence-corrected chi connectivity index (χ2v) is 4.19. The van der Waals surface area contributed by atoms with E-state index in [0.29, 0.717) is 0 Å². The molecular formula is C13H17NO2. The SMILES string of the molecule is CNC(C(=O)OC)c1ccc(C2CC2)cc1. The molecule has 0 aromatic heterocycles. The lowest BCUT2D eigenvalue weighted by Crippen LogP contribution is -2.26. The number of esters is 1. The molecule has 1 aromatic carbocycles.